The molecule has 0 amide bonds. The minimum Gasteiger partial charge on any atom is -0.456 e. The van der Waals surface area contributed by atoms with Crippen molar-refractivity contribution in [1.29, 1.82) is 0 Å². The lowest BCUT2D eigenvalue weighted by Crippen LogP contribution is -2.56. The fraction of sp³-hybridized carbons (Fsp3) is 0.769. The van der Waals surface area contributed by atoms with Gasteiger partial charge in [0.25, 0.3) is 0 Å². The molecule has 8 heteroatoms. The Morgan fingerprint density at radius 1 is 1.00 bits per heavy atom. The highest BCUT2D eigenvalue weighted by atomic mass is 32.2. The molecule has 1 heterocycles. The summed E-state index contributed by atoms with van der Waals surface area (Å²) in [6.07, 6.45) is -2.51. The van der Waals surface area contributed by atoms with Gasteiger partial charge in [-0.05, 0) is 5.75 Å². The molecule has 1 saturated heterocycles. The summed E-state index contributed by atoms with van der Waals surface area (Å²) >= 11 is 1.42. The van der Waals surface area contributed by atoms with Crippen molar-refractivity contribution >= 4 is 29.7 Å². The van der Waals surface area contributed by atoms with Gasteiger partial charge in [0.15, 0.2) is 18.3 Å². The van der Waals surface area contributed by atoms with Gasteiger partial charge < -0.3 is 18.9 Å². The summed E-state index contributed by atoms with van der Waals surface area (Å²) in [5, 5.41) is 0. The van der Waals surface area contributed by atoms with E-state index in [1.165, 1.54) is 32.5 Å². The molecule has 0 aromatic heterocycles. The van der Waals surface area contributed by atoms with Crippen LogP contribution >= 0.6 is 11.8 Å². The summed E-state index contributed by atoms with van der Waals surface area (Å²) in [7, 11) is 0. The maximum Gasteiger partial charge on any atom is 0.303 e. The summed E-state index contributed by atoms with van der Waals surface area (Å²) in [4.78, 5) is 33.7. The fourth-order valence-corrected chi connectivity index (χ4v) is 2.92. The highest BCUT2D eigenvalue weighted by molar-refractivity contribution is 7.99. The van der Waals surface area contributed by atoms with E-state index >= 15 is 0 Å². The maximum absolute atomic E-state index is 11.3. The van der Waals surface area contributed by atoms with E-state index in [4.69, 9.17) is 18.9 Å². The number of esters is 3. The molecule has 7 nitrogen and oxygen atoms in total. The number of ether oxygens (including phenoxy) is 4. The van der Waals surface area contributed by atoms with Crippen LogP contribution in [0.25, 0.3) is 0 Å². The lowest BCUT2D eigenvalue weighted by atomic mass is 10.1. The van der Waals surface area contributed by atoms with E-state index < -0.39 is 41.7 Å². The molecule has 1 rings (SSSR count). The van der Waals surface area contributed by atoms with Crippen LogP contribution in [-0.4, -0.2) is 54.0 Å². The Hall–Kier alpha value is -1.28. The second-order valence-corrected chi connectivity index (χ2v) is 5.83. The van der Waals surface area contributed by atoms with Crippen molar-refractivity contribution in [3.05, 3.63) is 0 Å². The molecule has 1 aliphatic heterocycles. The van der Waals surface area contributed by atoms with Crippen LogP contribution in [0, 0.1) is 0 Å². The van der Waals surface area contributed by atoms with Gasteiger partial charge in [-0.2, -0.15) is 0 Å². The first kappa shape index (κ1) is 17.8. The van der Waals surface area contributed by atoms with E-state index in [0.717, 1.165) is 5.75 Å². The average Bonchev–Trinajstić information content (AvgIpc) is 2.35. The van der Waals surface area contributed by atoms with Gasteiger partial charge in [0.2, 0.25) is 0 Å². The number of carbonyl (C=O) groups excluding carboxylic acids is 3. The van der Waals surface area contributed by atoms with E-state index in [-0.39, 0.29) is 6.61 Å². The Bertz CT molecular complexity index is 398. The van der Waals surface area contributed by atoms with Gasteiger partial charge in [0.05, 0.1) is 6.61 Å². The molecule has 120 valence electrons. The fourth-order valence-electron chi connectivity index (χ4n) is 2.02. The molecule has 0 N–H and O–H groups in total. The summed E-state index contributed by atoms with van der Waals surface area (Å²) in [6, 6.07) is 0. The van der Waals surface area contributed by atoms with Crippen molar-refractivity contribution in [3.8, 4) is 0 Å². The second-order valence-electron chi connectivity index (χ2n) is 4.45. The molecule has 21 heavy (non-hydrogen) atoms. The van der Waals surface area contributed by atoms with E-state index in [9.17, 15) is 14.4 Å². The maximum atomic E-state index is 11.3. The third-order valence-corrected chi connectivity index (χ3v) is 3.70. The first-order chi connectivity index (χ1) is 9.85. The second kappa shape index (κ2) is 8.23. The number of rotatable bonds is 5. The lowest BCUT2D eigenvalue weighted by molar-refractivity contribution is -0.213. The molecule has 0 saturated carbocycles. The Balaban J connectivity index is 2.97. The van der Waals surface area contributed by atoms with Gasteiger partial charge in [0.1, 0.15) is 5.44 Å². The molecular weight excluding hydrogens is 300 g/mol. The third kappa shape index (κ3) is 5.55. The molecule has 1 aliphatic rings. The van der Waals surface area contributed by atoms with Crippen molar-refractivity contribution in [1.82, 2.24) is 0 Å². The van der Waals surface area contributed by atoms with Crippen molar-refractivity contribution in [2.24, 2.45) is 0 Å². The summed E-state index contributed by atoms with van der Waals surface area (Å²) in [6.45, 7) is 5.75. The largest absolute Gasteiger partial charge is 0.456 e. The molecular formula is C13H20O7S. The van der Waals surface area contributed by atoms with Gasteiger partial charge in [-0.3, -0.25) is 14.4 Å². The number of thioether (sulfide) groups is 1. The van der Waals surface area contributed by atoms with Crippen molar-refractivity contribution in [2.75, 3.05) is 12.4 Å². The summed E-state index contributed by atoms with van der Waals surface area (Å²) in [5.74, 6) is -0.862. The monoisotopic (exact) mass is 320 g/mol. The Kier molecular flexibility index (Phi) is 6.97. The third-order valence-electron chi connectivity index (χ3n) is 2.64. The molecule has 0 bridgehead atoms. The standard InChI is InChI=1S/C13H20O7S/c1-5-21-13-12(20-9(4)16)11(19-8(3)15)10(6-17-13)18-7(2)14/h10-13H,5-6H2,1-4H3. The number of hydrogen-bond acceptors (Lipinski definition) is 8. The molecule has 1 fully saturated rings. The van der Waals surface area contributed by atoms with Crippen LogP contribution in [0.4, 0.5) is 0 Å². The molecule has 4 unspecified atom stereocenters. The Labute approximate surface area is 127 Å². The smallest absolute Gasteiger partial charge is 0.303 e. The zero-order chi connectivity index (χ0) is 16.0. The van der Waals surface area contributed by atoms with Crippen LogP contribution in [0.1, 0.15) is 27.7 Å². The summed E-state index contributed by atoms with van der Waals surface area (Å²) in [5.41, 5.74) is -0.477. The predicted molar refractivity (Wildman–Crippen MR) is 74.5 cm³/mol. The average molecular weight is 320 g/mol. The Morgan fingerprint density at radius 3 is 2.00 bits per heavy atom. The van der Waals surface area contributed by atoms with Gasteiger partial charge >= 0.3 is 17.9 Å². The summed E-state index contributed by atoms with van der Waals surface area (Å²) < 4.78 is 21.1. The number of carbonyl (C=O) groups is 3. The van der Waals surface area contributed by atoms with Crippen LogP contribution in [-0.2, 0) is 33.3 Å². The molecule has 0 aliphatic carbocycles. The SMILES string of the molecule is CCSC1OCC(OC(C)=O)C(OC(C)=O)C1OC(C)=O. The minimum atomic E-state index is -0.881. The van der Waals surface area contributed by atoms with E-state index in [1.807, 2.05) is 6.92 Å². The first-order valence-electron chi connectivity index (χ1n) is 6.60. The van der Waals surface area contributed by atoms with Gasteiger partial charge in [-0.1, -0.05) is 6.92 Å². The lowest BCUT2D eigenvalue weighted by Gasteiger charge is -2.40. The highest BCUT2D eigenvalue weighted by Gasteiger charge is 2.46. The van der Waals surface area contributed by atoms with Crippen LogP contribution < -0.4 is 0 Å². The van der Waals surface area contributed by atoms with Crippen LogP contribution in [0.5, 0.6) is 0 Å². The molecule has 0 radical (unpaired) electrons. The van der Waals surface area contributed by atoms with E-state index in [2.05, 4.69) is 0 Å². The minimum absolute atomic E-state index is 0.0763. The zero-order valence-electron chi connectivity index (χ0n) is 12.5. The van der Waals surface area contributed by atoms with Gasteiger partial charge in [-0.25, -0.2) is 0 Å². The molecule has 0 aromatic carbocycles. The molecule has 4 atom stereocenters. The first-order valence-corrected chi connectivity index (χ1v) is 7.64. The zero-order valence-corrected chi connectivity index (χ0v) is 13.3. The number of hydrogen-bond donors (Lipinski definition) is 0. The normalized spacial score (nSPS) is 28.6. The van der Waals surface area contributed by atoms with Crippen molar-refractivity contribution < 1.29 is 33.3 Å². The van der Waals surface area contributed by atoms with Crippen LogP contribution in [0.2, 0.25) is 0 Å². The highest BCUT2D eigenvalue weighted by Crippen LogP contribution is 2.30. The van der Waals surface area contributed by atoms with Crippen LogP contribution in [0.3, 0.4) is 0 Å². The predicted octanol–water partition coefficient (Wildman–Crippen LogP) is 0.891. The van der Waals surface area contributed by atoms with Gasteiger partial charge in [0, 0.05) is 20.8 Å². The molecule has 0 aromatic rings. The van der Waals surface area contributed by atoms with E-state index in [1.54, 1.807) is 0 Å². The topological polar surface area (TPSA) is 88.1 Å². The molecule has 0 spiro atoms. The van der Waals surface area contributed by atoms with Crippen LogP contribution in [0.15, 0.2) is 0 Å². The van der Waals surface area contributed by atoms with Gasteiger partial charge in [-0.15, -0.1) is 11.8 Å². The van der Waals surface area contributed by atoms with E-state index in [0.29, 0.717) is 0 Å². The van der Waals surface area contributed by atoms with Crippen molar-refractivity contribution in [3.63, 3.8) is 0 Å². The van der Waals surface area contributed by atoms with Crippen molar-refractivity contribution in [2.45, 2.75) is 51.4 Å². The quantitative estimate of drug-likeness (QED) is 0.545. The Morgan fingerprint density at radius 2 is 1.52 bits per heavy atom.